The summed E-state index contributed by atoms with van der Waals surface area (Å²) in [5.74, 6) is 0.287. The van der Waals surface area contributed by atoms with Crippen molar-refractivity contribution in [2.24, 2.45) is 5.92 Å². The van der Waals surface area contributed by atoms with E-state index < -0.39 is 11.0 Å². The highest BCUT2D eigenvalue weighted by Gasteiger charge is 2.31. The summed E-state index contributed by atoms with van der Waals surface area (Å²) in [5.41, 5.74) is 0.785. The van der Waals surface area contributed by atoms with E-state index in [4.69, 9.17) is 10.0 Å². The van der Waals surface area contributed by atoms with Crippen LogP contribution < -0.4 is 0 Å². The van der Waals surface area contributed by atoms with Crippen molar-refractivity contribution in [1.82, 2.24) is 5.39 Å². The molecule has 0 saturated heterocycles. The van der Waals surface area contributed by atoms with Crippen LogP contribution in [0.2, 0.25) is 0 Å². The molecule has 4 heteroatoms. The van der Waals surface area contributed by atoms with Crippen LogP contribution in [0.15, 0.2) is 11.6 Å². The van der Waals surface area contributed by atoms with E-state index in [1.165, 1.54) is 5.57 Å². The highest BCUT2D eigenvalue weighted by molar-refractivity contribution is 5.05. The average molecular weight is 200 g/mol. The van der Waals surface area contributed by atoms with Gasteiger partial charge in [-0.05, 0) is 46.0 Å². The molecule has 0 heterocycles. The van der Waals surface area contributed by atoms with E-state index in [2.05, 4.69) is 13.0 Å². The Morgan fingerprint density at radius 3 is 2.71 bits per heavy atom. The summed E-state index contributed by atoms with van der Waals surface area (Å²) in [7, 11) is 0. The maximum absolute atomic E-state index is 10.4. The van der Waals surface area contributed by atoms with Gasteiger partial charge in [-0.3, -0.25) is 4.84 Å². The molecule has 0 aromatic carbocycles. The predicted octanol–water partition coefficient (Wildman–Crippen LogP) is 2.63. The van der Waals surface area contributed by atoms with Crippen molar-refractivity contribution in [2.75, 3.05) is 0 Å². The predicted molar refractivity (Wildman–Crippen MR) is 53.3 cm³/mol. The largest absolute Gasteiger partial charge is 0.738 e. The molecule has 0 fully saturated rings. The highest BCUT2D eigenvalue weighted by Crippen LogP contribution is 2.34. The van der Waals surface area contributed by atoms with Crippen molar-refractivity contribution in [2.45, 2.75) is 45.6 Å². The average Bonchev–Trinajstić information content (AvgIpc) is 2.02. The Morgan fingerprint density at radius 2 is 2.29 bits per heavy atom. The van der Waals surface area contributed by atoms with E-state index in [1.807, 2.05) is 13.8 Å². The first-order valence-electron chi connectivity index (χ1n) is 4.92. The van der Waals surface area contributed by atoms with Gasteiger partial charge in [0.05, 0.1) is 5.60 Å². The molecule has 1 rings (SSSR count). The summed E-state index contributed by atoms with van der Waals surface area (Å²) in [6.07, 6.45) is 5.13. The lowest BCUT2D eigenvalue weighted by Gasteiger charge is -2.39. The van der Waals surface area contributed by atoms with E-state index in [0.717, 1.165) is 19.3 Å². The third kappa shape index (κ3) is 3.06. The lowest BCUT2D eigenvalue weighted by Crippen LogP contribution is -2.39. The maximum atomic E-state index is 10.4. The van der Waals surface area contributed by atoms with Crippen molar-refractivity contribution < 1.29 is 10.0 Å². The summed E-state index contributed by atoms with van der Waals surface area (Å²) < 4.78 is 0. The number of allylic oxidation sites excluding steroid dienone is 2. The monoisotopic (exact) mass is 200 g/mol. The highest BCUT2D eigenvalue weighted by atomic mass is 17.1. The van der Waals surface area contributed by atoms with Gasteiger partial charge >= 0.3 is 0 Å². The van der Waals surface area contributed by atoms with Crippen molar-refractivity contribution in [3.8, 4) is 0 Å². The summed E-state index contributed by atoms with van der Waals surface area (Å²) in [6, 6.07) is 0. The first-order valence-corrected chi connectivity index (χ1v) is 4.92. The molecule has 1 unspecified atom stereocenters. The standard InChI is InChI=1S/C10H18NO3/c1-8-4-6-9(7-5-8)10(2,3)14-11(12)13/h4,9,12H,5-7H2,1-3H3/q-1. The van der Waals surface area contributed by atoms with E-state index in [-0.39, 0.29) is 5.92 Å². The fourth-order valence-electron chi connectivity index (χ4n) is 1.87. The first kappa shape index (κ1) is 11.7. The van der Waals surface area contributed by atoms with Gasteiger partial charge in [-0.1, -0.05) is 11.6 Å². The Hall–Kier alpha value is -0.420. The van der Waals surface area contributed by atoms with Crippen LogP contribution in [0, 0.1) is 11.1 Å². The second-order valence-electron chi connectivity index (χ2n) is 4.45. The van der Waals surface area contributed by atoms with E-state index in [0.29, 0.717) is 0 Å². The Labute approximate surface area is 84.7 Å². The van der Waals surface area contributed by atoms with Crippen molar-refractivity contribution in [3.05, 3.63) is 16.9 Å². The SMILES string of the molecule is CC1=CCC(C(C)(C)ON([O-])O)CC1. The fraction of sp³-hybridized carbons (Fsp3) is 0.800. The molecule has 1 aliphatic carbocycles. The Kier molecular flexibility index (Phi) is 3.66. The third-order valence-electron chi connectivity index (χ3n) is 2.93. The third-order valence-corrected chi connectivity index (χ3v) is 2.93. The van der Waals surface area contributed by atoms with E-state index in [1.54, 1.807) is 0 Å². The van der Waals surface area contributed by atoms with Gasteiger partial charge in [0.15, 0.2) is 0 Å². The van der Waals surface area contributed by atoms with Crippen LogP contribution in [0.4, 0.5) is 0 Å². The minimum atomic E-state index is -0.603. The van der Waals surface area contributed by atoms with E-state index >= 15 is 0 Å². The second-order valence-corrected chi connectivity index (χ2v) is 4.45. The lowest BCUT2D eigenvalue weighted by molar-refractivity contribution is -0.360. The fourth-order valence-corrected chi connectivity index (χ4v) is 1.87. The molecule has 0 radical (unpaired) electrons. The van der Waals surface area contributed by atoms with Gasteiger partial charge in [0.2, 0.25) is 0 Å². The van der Waals surface area contributed by atoms with Gasteiger partial charge in [0.1, 0.15) is 0 Å². The Balaban J connectivity index is 2.56. The molecule has 0 spiro atoms. The van der Waals surface area contributed by atoms with Crippen molar-refractivity contribution >= 4 is 0 Å². The van der Waals surface area contributed by atoms with Crippen LogP contribution in [0.3, 0.4) is 0 Å². The molecule has 0 saturated carbocycles. The molecule has 82 valence electrons. The molecule has 0 amide bonds. The normalized spacial score (nSPS) is 23.9. The molecule has 4 nitrogen and oxygen atoms in total. The van der Waals surface area contributed by atoms with Crippen LogP contribution in [-0.4, -0.2) is 16.2 Å². The van der Waals surface area contributed by atoms with Gasteiger partial charge in [-0.15, -0.1) is 5.39 Å². The molecule has 1 atom stereocenters. The summed E-state index contributed by atoms with van der Waals surface area (Å²) in [4.78, 5) is 4.82. The molecule has 0 bridgehead atoms. The summed E-state index contributed by atoms with van der Waals surface area (Å²) >= 11 is 0. The van der Waals surface area contributed by atoms with Crippen molar-refractivity contribution in [3.63, 3.8) is 0 Å². The Morgan fingerprint density at radius 1 is 1.64 bits per heavy atom. The number of hydrogen-bond acceptors (Lipinski definition) is 4. The van der Waals surface area contributed by atoms with Gasteiger partial charge < -0.3 is 10.4 Å². The summed E-state index contributed by atoms with van der Waals surface area (Å²) in [5, 5.41) is 18.5. The molecular weight excluding hydrogens is 182 g/mol. The van der Waals surface area contributed by atoms with Crippen LogP contribution in [0.1, 0.15) is 40.0 Å². The quantitative estimate of drug-likeness (QED) is 0.562. The molecule has 1 aliphatic rings. The zero-order valence-electron chi connectivity index (χ0n) is 8.99. The van der Waals surface area contributed by atoms with Crippen LogP contribution in [0.5, 0.6) is 0 Å². The lowest BCUT2D eigenvalue weighted by atomic mass is 9.80. The van der Waals surface area contributed by atoms with Crippen molar-refractivity contribution in [1.29, 1.82) is 0 Å². The molecule has 1 N–H and O–H groups in total. The second kappa shape index (κ2) is 4.40. The smallest absolute Gasteiger partial charge is 0.0889 e. The number of hydrogen-bond donors (Lipinski definition) is 1. The minimum Gasteiger partial charge on any atom is -0.738 e. The summed E-state index contributed by atoms with van der Waals surface area (Å²) in [6.45, 7) is 5.76. The van der Waals surface area contributed by atoms with Gasteiger partial charge in [0.25, 0.3) is 0 Å². The first-order chi connectivity index (χ1) is 6.42. The molecule has 0 aromatic heterocycles. The minimum absolute atomic E-state index is 0.287. The zero-order chi connectivity index (χ0) is 10.8. The van der Waals surface area contributed by atoms with Crippen LogP contribution in [0.25, 0.3) is 0 Å². The Bertz CT molecular complexity index is 223. The van der Waals surface area contributed by atoms with Gasteiger partial charge in [0, 0.05) is 0 Å². The zero-order valence-corrected chi connectivity index (χ0v) is 8.99. The number of nitrogens with zero attached hydrogens (tertiary/aromatic N) is 1. The molecular formula is C10H18NO3-. The van der Waals surface area contributed by atoms with Crippen LogP contribution in [-0.2, 0) is 4.84 Å². The topological polar surface area (TPSA) is 55.8 Å². The molecule has 0 aromatic rings. The number of rotatable bonds is 3. The molecule has 14 heavy (non-hydrogen) atoms. The van der Waals surface area contributed by atoms with Gasteiger partial charge in [-0.25, -0.2) is 0 Å². The van der Waals surface area contributed by atoms with Gasteiger partial charge in [-0.2, -0.15) is 0 Å². The maximum Gasteiger partial charge on any atom is 0.0889 e. The van der Waals surface area contributed by atoms with E-state index in [9.17, 15) is 5.21 Å². The van der Waals surface area contributed by atoms with Crippen LogP contribution >= 0.6 is 0 Å². The molecule has 0 aliphatic heterocycles.